The lowest BCUT2D eigenvalue weighted by Gasteiger charge is -2.38. The first-order chi connectivity index (χ1) is 17.2. The van der Waals surface area contributed by atoms with Crippen molar-refractivity contribution in [2.75, 3.05) is 0 Å². The largest absolute Gasteiger partial charge is 0.404 e. The van der Waals surface area contributed by atoms with E-state index >= 15 is 0 Å². The van der Waals surface area contributed by atoms with Gasteiger partial charge in [0.15, 0.2) is 0 Å². The van der Waals surface area contributed by atoms with Gasteiger partial charge in [-0.05, 0) is 41.0 Å². The molecular weight excluding hydrogens is 434 g/mol. The summed E-state index contributed by atoms with van der Waals surface area (Å²) in [6.45, 7) is 0. The van der Waals surface area contributed by atoms with Gasteiger partial charge in [0.05, 0.1) is 29.7 Å². The Hall–Kier alpha value is -4.95. The van der Waals surface area contributed by atoms with Gasteiger partial charge in [0, 0.05) is 0 Å². The molecule has 5 aromatic rings. The van der Waals surface area contributed by atoms with E-state index < -0.39 is 11.5 Å². The number of aromatic nitrogens is 2. The molecule has 0 unspecified atom stereocenters. The molecule has 0 saturated carbocycles. The van der Waals surface area contributed by atoms with Crippen LogP contribution in [0.1, 0.15) is 32.6 Å². The molecule has 0 aliphatic carbocycles. The van der Waals surface area contributed by atoms with Crippen molar-refractivity contribution >= 4 is 5.97 Å². The Morgan fingerprint density at radius 1 is 0.743 bits per heavy atom. The van der Waals surface area contributed by atoms with Crippen molar-refractivity contribution in [3.63, 3.8) is 0 Å². The average molecular weight is 456 g/mol. The molecule has 5 nitrogen and oxygen atoms in total. The molecule has 0 fully saturated rings. The number of imidazole rings is 1. The fraction of sp³-hybridized carbons (Fsp3) is 0.0333. The third-order valence-corrected chi connectivity index (χ3v) is 5.99. The molecule has 0 aliphatic rings. The molecule has 0 amide bonds. The van der Waals surface area contributed by atoms with Crippen LogP contribution in [0.2, 0.25) is 0 Å². The lowest BCUT2D eigenvalue weighted by molar-refractivity contribution is 0.0717. The number of hydrogen-bond donors (Lipinski definition) is 0. The summed E-state index contributed by atoms with van der Waals surface area (Å²) >= 11 is 0. The lowest BCUT2D eigenvalue weighted by atomic mass is 9.76. The molecule has 5 rings (SSSR count). The van der Waals surface area contributed by atoms with Gasteiger partial charge in [-0.2, -0.15) is 5.26 Å². The van der Waals surface area contributed by atoms with Crippen molar-refractivity contribution in [1.29, 1.82) is 5.26 Å². The molecular formula is C30H21N3O2. The minimum Gasteiger partial charge on any atom is -0.404 e. The molecule has 0 atom stereocenters. The van der Waals surface area contributed by atoms with Crippen LogP contribution in [0.15, 0.2) is 128 Å². The van der Waals surface area contributed by atoms with E-state index in [0.29, 0.717) is 17.0 Å². The lowest BCUT2D eigenvalue weighted by Crippen LogP contribution is -2.38. The Labute approximate surface area is 203 Å². The molecule has 0 aliphatic heterocycles. The standard InChI is InChI=1S/C30H21N3O2/c31-20-23-16-18-24(19-17-23)29(34)35-28-21-32-22-33(28)30(25-10-4-1-5-11-25,26-12-6-2-7-13-26)27-14-8-3-9-15-27/h1-19,21-22H. The van der Waals surface area contributed by atoms with E-state index in [-0.39, 0.29) is 0 Å². The van der Waals surface area contributed by atoms with Gasteiger partial charge in [0.25, 0.3) is 0 Å². The summed E-state index contributed by atoms with van der Waals surface area (Å²) in [5.74, 6) is -0.227. The zero-order chi connectivity index (χ0) is 24.1. The number of benzene rings is 4. The van der Waals surface area contributed by atoms with Gasteiger partial charge in [0.2, 0.25) is 5.88 Å². The second-order valence-electron chi connectivity index (χ2n) is 7.99. The van der Waals surface area contributed by atoms with Crippen molar-refractivity contribution in [2.24, 2.45) is 0 Å². The number of nitrogens with zero attached hydrogens (tertiary/aromatic N) is 3. The summed E-state index contributed by atoms with van der Waals surface area (Å²) in [6.07, 6.45) is 3.24. The zero-order valence-corrected chi connectivity index (χ0v) is 18.8. The Morgan fingerprint density at radius 3 is 1.69 bits per heavy atom. The highest BCUT2D eigenvalue weighted by molar-refractivity contribution is 5.91. The number of ether oxygens (including phenoxy) is 1. The van der Waals surface area contributed by atoms with Crippen molar-refractivity contribution < 1.29 is 9.53 Å². The van der Waals surface area contributed by atoms with Crippen molar-refractivity contribution in [2.45, 2.75) is 5.54 Å². The summed E-state index contributed by atoms with van der Waals surface area (Å²) < 4.78 is 7.79. The van der Waals surface area contributed by atoms with Crippen LogP contribution in [-0.2, 0) is 5.54 Å². The second-order valence-corrected chi connectivity index (χ2v) is 7.99. The summed E-state index contributed by atoms with van der Waals surface area (Å²) in [5, 5.41) is 9.05. The van der Waals surface area contributed by atoms with E-state index in [2.05, 4.69) is 47.5 Å². The molecule has 0 saturated heterocycles. The summed E-state index contributed by atoms with van der Waals surface area (Å²) in [6, 6.07) is 38.7. The number of carbonyl (C=O) groups is 1. The first kappa shape index (κ1) is 21.9. The first-order valence-electron chi connectivity index (χ1n) is 11.1. The predicted octanol–water partition coefficient (Wildman–Crippen LogP) is 5.81. The number of hydrogen-bond acceptors (Lipinski definition) is 4. The second kappa shape index (κ2) is 9.50. The number of rotatable bonds is 6. The SMILES string of the molecule is N#Cc1ccc(C(=O)Oc2cncn2C(c2ccccc2)(c2ccccc2)c2ccccc2)cc1. The van der Waals surface area contributed by atoms with Crippen molar-refractivity contribution in [1.82, 2.24) is 9.55 Å². The van der Waals surface area contributed by atoms with Crippen LogP contribution in [0, 0.1) is 11.3 Å². The van der Waals surface area contributed by atoms with Gasteiger partial charge in [-0.15, -0.1) is 0 Å². The third-order valence-electron chi connectivity index (χ3n) is 5.99. The van der Waals surface area contributed by atoms with Crippen LogP contribution < -0.4 is 4.74 Å². The quantitative estimate of drug-likeness (QED) is 0.239. The van der Waals surface area contributed by atoms with Gasteiger partial charge in [0.1, 0.15) is 5.54 Å². The van der Waals surface area contributed by atoms with E-state index in [4.69, 9.17) is 10.00 Å². The minimum atomic E-state index is -0.847. The van der Waals surface area contributed by atoms with Crippen LogP contribution in [0.5, 0.6) is 5.88 Å². The highest BCUT2D eigenvalue weighted by Crippen LogP contribution is 2.43. The Kier molecular flexibility index (Phi) is 5.94. The fourth-order valence-electron chi connectivity index (χ4n) is 4.40. The smallest absolute Gasteiger partial charge is 0.344 e. The van der Waals surface area contributed by atoms with Crippen LogP contribution >= 0.6 is 0 Å². The van der Waals surface area contributed by atoms with Gasteiger partial charge >= 0.3 is 5.97 Å². The van der Waals surface area contributed by atoms with E-state index in [9.17, 15) is 4.79 Å². The van der Waals surface area contributed by atoms with E-state index in [1.807, 2.05) is 59.2 Å². The molecule has 5 heteroatoms. The van der Waals surface area contributed by atoms with E-state index in [0.717, 1.165) is 16.7 Å². The molecule has 0 radical (unpaired) electrons. The normalized spacial score (nSPS) is 10.9. The Morgan fingerprint density at radius 2 is 1.23 bits per heavy atom. The molecule has 1 heterocycles. The average Bonchev–Trinajstić information content (AvgIpc) is 3.39. The molecule has 0 bridgehead atoms. The maximum absolute atomic E-state index is 13.1. The van der Waals surface area contributed by atoms with E-state index in [1.165, 1.54) is 0 Å². The summed E-state index contributed by atoms with van der Waals surface area (Å²) in [4.78, 5) is 17.4. The fourth-order valence-corrected chi connectivity index (χ4v) is 4.40. The number of carbonyl (C=O) groups excluding carboxylic acids is 1. The van der Waals surface area contributed by atoms with Crippen molar-refractivity contribution in [3.8, 4) is 11.9 Å². The minimum absolute atomic E-state index is 0.302. The van der Waals surface area contributed by atoms with E-state index in [1.54, 1.807) is 36.8 Å². The zero-order valence-electron chi connectivity index (χ0n) is 18.8. The van der Waals surface area contributed by atoms with Crippen LogP contribution in [-0.4, -0.2) is 15.5 Å². The third kappa shape index (κ3) is 3.98. The highest BCUT2D eigenvalue weighted by Gasteiger charge is 2.40. The topological polar surface area (TPSA) is 67.9 Å². The molecule has 1 aromatic heterocycles. The summed E-state index contributed by atoms with van der Waals surface area (Å²) in [5.41, 5.74) is 2.95. The molecule has 168 valence electrons. The molecule has 35 heavy (non-hydrogen) atoms. The van der Waals surface area contributed by atoms with Gasteiger partial charge in [-0.3, -0.25) is 4.57 Å². The predicted molar refractivity (Wildman–Crippen MR) is 133 cm³/mol. The van der Waals surface area contributed by atoms with Gasteiger partial charge in [-0.25, -0.2) is 9.78 Å². The monoisotopic (exact) mass is 455 g/mol. The van der Waals surface area contributed by atoms with Crippen molar-refractivity contribution in [3.05, 3.63) is 156 Å². The summed E-state index contributed by atoms with van der Waals surface area (Å²) in [7, 11) is 0. The highest BCUT2D eigenvalue weighted by atomic mass is 16.5. The van der Waals surface area contributed by atoms with Crippen LogP contribution in [0.3, 0.4) is 0 Å². The maximum Gasteiger partial charge on any atom is 0.344 e. The maximum atomic E-state index is 13.1. The Balaban J connectivity index is 1.70. The molecule has 4 aromatic carbocycles. The first-order valence-corrected chi connectivity index (χ1v) is 11.1. The number of nitriles is 1. The molecule has 0 N–H and O–H groups in total. The van der Waals surface area contributed by atoms with Gasteiger partial charge < -0.3 is 4.74 Å². The van der Waals surface area contributed by atoms with Gasteiger partial charge in [-0.1, -0.05) is 91.0 Å². The van der Waals surface area contributed by atoms with Crippen LogP contribution in [0.4, 0.5) is 0 Å². The Bertz CT molecular complexity index is 1370. The van der Waals surface area contributed by atoms with Crippen LogP contribution in [0.25, 0.3) is 0 Å². The molecule has 0 spiro atoms. The number of esters is 1.